The first kappa shape index (κ1) is 19.6. The summed E-state index contributed by atoms with van der Waals surface area (Å²) in [6.07, 6.45) is 3.94. The Balaban J connectivity index is 1.60. The van der Waals surface area contributed by atoms with Crippen LogP contribution in [0.3, 0.4) is 0 Å². The SMILES string of the molecule is CCOC(=O)c1c(NC(=O)Cn2nnc3cc(C)c(C)cc32)sc2c1CCCC2. The standard InChI is InChI=1S/C21H24N4O3S/c1-4-28-21(27)19-14-7-5-6-8-17(14)29-20(19)22-18(26)11-25-16-10-13(3)12(2)9-15(16)23-24-25/h9-10H,4-8,11H2,1-3H3,(H,22,26). The first-order valence-corrected chi connectivity index (χ1v) is 10.7. The van der Waals surface area contributed by atoms with Crippen LogP contribution in [0.15, 0.2) is 12.1 Å². The van der Waals surface area contributed by atoms with Crippen LogP contribution in [-0.2, 0) is 28.9 Å². The highest BCUT2D eigenvalue weighted by atomic mass is 32.1. The third-order valence-corrected chi connectivity index (χ3v) is 6.53. The third-order valence-electron chi connectivity index (χ3n) is 5.33. The van der Waals surface area contributed by atoms with Crippen LogP contribution in [0.5, 0.6) is 0 Å². The second-order valence-corrected chi connectivity index (χ2v) is 8.46. The lowest BCUT2D eigenvalue weighted by molar-refractivity contribution is -0.116. The van der Waals surface area contributed by atoms with Crippen molar-refractivity contribution in [2.24, 2.45) is 0 Å². The summed E-state index contributed by atoms with van der Waals surface area (Å²) in [7, 11) is 0. The van der Waals surface area contributed by atoms with Crippen LogP contribution >= 0.6 is 11.3 Å². The molecule has 1 N–H and O–H groups in total. The molecule has 4 rings (SSSR count). The maximum absolute atomic E-state index is 12.8. The minimum atomic E-state index is -0.362. The van der Waals surface area contributed by atoms with E-state index in [2.05, 4.69) is 15.6 Å². The number of nitrogens with zero attached hydrogens (tertiary/aromatic N) is 3. The number of thiophene rings is 1. The summed E-state index contributed by atoms with van der Waals surface area (Å²) >= 11 is 1.49. The van der Waals surface area contributed by atoms with Crippen LogP contribution in [0.4, 0.5) is 5.00 Å². The van der Waals surface area contributed by atoms with Crippen molar-refractivity contribution >= 4 is 39.2 Å². The number of aromatic nitrogens is 3. The lowest BCUT2D eigenvalue weighted by atomic mass is 9.95. The molecular weight excluding hydrogens is 388 g/mol. The Morgan fingerprint density at radius 1 is 1.21 bits per heavy atom. The summed E-state index contributed by atoms with van der Waals surface area (Å²) in [4.78, 5) is 26.5. The number of ether oxygens (including phenoxy) is 1. The summed E-state index contributed by atoms with van der Waals surface area (Å²) in [6, 6.07) is 3.96. The molecule has 1 aliphatic carbocycles. The van der Waals surface area contributed by atoms with E-state index in [4.69, 9.17) is 4.74 Å². The second kappa shape index (κ2) is 7.94. The number of carbonyl (C=O) groups excluding carboxylic acids is 2. The van der Waals surface area contributed by atoms with Gasteiger partial charge in [-0.1, -0.05) is 5.21 Å². The minimum Gasteiger partial charge on any atom is -0.462 e. The van der Waals surface area contributed by atoms with Crippen LogP contribution in [0.2, 0.25) is 0 Å². The fraction of sp³-hybridized carbons (Fsp3) is 0.429. The molecule has 0 fully saturated rings. The first-order chi connectivity index (χ1) is 14.0. The molecule has 0 bridgehead atoms. The fourth-order valence-electron chi connectivity index (χ4n) is 3.72. The number of aryl methyl sites for hydroxylation is 3. The molecule has 1 aliphatic rings. The minimum absolute atomic E-state index is 0.0316. The topological polar surface area (TPSA) is 86.1 Å². The molecule has 3 aromatic rings. The van der Waals surface area contributed by atoms with Gasteiger partial charge in [-0.05, 0) is 75.3 Å². The Morgan fingerprint density at radius 2 is 1.97 bits per heavy atom. The van der Waals surface area contributed by atoms with Crippen molar-refractivity contribution in [1.29, 1.82) is 0 Å². The maximum atomic E-state index is 12.8. The molecule has 0 spiro atoms. The first-order valence-electron chi connectivity index (χ1n) is 9.90. The van der Waals surface area contributed by atoms with Crippen LogP contribution < -0.4 is 5.32 Å². The smallest absolute Gasteiger partial charge is 0.341 e. The van der Waals surface area contributed by atoms with Gasteiger partial charge in [0.15, 0.2) is 0 Å². The van der Waals surface area contributed by atoms with Crippen molar-refractivity contribution in [1.82, 2.24) is 15.0 Å². The number of anilines is 1. The lowest BCUT2D eigenvalue weighted by Crippen LogP contribution is -2.21. The average molecular weight is 413 g/mol. The molecule has 2 heterocycles. The van der Waals surface area contributed by atoms with Gasteiger partial charge in [0, 0.05) is 4.88 Å². The Kier molecular flexibility index (Phi) is 5.36. The van der Waals surface area contributed by atoms with E-state index in [1.807, 2.05) is 26.0 Å². The van der Waals surface area contributed by atoms with Crippen molar-refractivity contribution in [2.45, 2.75) is 53.0 Å². The van der Waals surface area contributed by atoms with Crippen LogP contribution in [0.1, 0.15) is 51.7 Å². The number of benzene rings is 1. The Morgan fingerprint density at radius 3 is 2.76 bits per heavy atom. The monoisotopic (exact) mass is 412 g/mol. The molecule has 152 valence electrons. The zero-order chi connectivity index (χ0) is 20.5. The molecular formula is C21H24N4O3S. The number of hydrogen-bond acceptors (Lipinski definition) is 6. The van der Waals surface area contributed by atoms with E-state index in [-0.39, 0.29) is 18.4 Å². The summed E-state index contributed by atoms with van der Waals surface area (Å²) in [5, 5.41) is 11.8. The largest absolute Gasteiger partial charge is 0.462 e. The zero-order valence-corrected chi connectivity index (χ0v) is 17.7. The quantitative estimate of drug-likeness (QED) is 0.644. The number of carbonyl (C=O) groups is 2. The average Bonchev–Trinajstić information content (AvgIpc) is 3.23. The number of rotatable bonds is 5. The maximum Gasteiger partial charge on any atom is 0.341 e. The number of fused-ring (bicyclic) bond motifs is 2. The predicted octanol–water partition coefficient (Wildman–Crippen LogP) is 3.80. The van der Waals surface area contributed by atoms with E-state index < -0.39 is 0 Å². The highest BCUT2D eigenvalue weighted by molar-refractivity contribution is 7.17. The Hall–Kier alpha value is -2.74. The highest BCUT2D eigenvalue weighted by Gasteiger charge is 2.27. The molecule has 0 saturated carbocycles. The molecule has 0 aliphatic heterocycles. The number of amides is 1. The van der Waals surface area contributed by atoms with E-state index in [0.717, 1.165) is 53.4 Å². The Labute approximate surface area is 173 Å². The molecule has 2 aromatic heterocycles. The molecule has 0 saturated heterocycles. The van der Waals surface area contributed by atoms with E-state index in [1.54, 1.807) is 11.6 Å². The lowest BCUT2D eigenvalue weighted by Gasteiger charge is -2.12. The van der Waals surface area contributed by atoms with Crippen molar-refractivity contribution in [3.05, 3.63) is 39.3 Å². The normalized spacial score (nSPS) is 13.3. The van der Waals surface area contributed by atoms with Crippen molar-refractivity contribution in [2.75, 3.05) is 11.9 Å². The number of nitrogens with one attached hydrogen (secondary N) is 1. The molecule has 0 radical (unpaired) electrons. The van der Waals surface area contributed by atoms with Gasteiger partial charge in [0.2, 0.25) is 5.91 Å². The van der Waals surface area contributed by atoms with E-state index in [1.165, 1.54) is 16.2 Å². The number of hydrogen-bond donors (Lipinski definition) is 1. The molecule has 7 nitrogen and oxygen atoms in total. The molecule has 0 unspecified atom stereocenters. The van der Waals surface area contributed by atoms with Gasteiger partial charge in [-0.15, -0.1) is 16.4 Å². The molecule has 1 aromatic carbocycles. The van der Waals surface area contributed by atoms with Gasteiger partial charge in [-0.3, -0.25) is 4.79 Å². The Bertz CT molecular complexity index is 1100. The predicted molar refractivity (Wildman–Crippen MR) is 113 cm³/mol. The third kappa shape index (κ3) is 3.76. The summed E-state index contributed by atoms with van der Waals surface area (Å²) in [5.74, 6) is -0.598. The fourth-order valence-corrected chi connectivity index (χ4v) is 5.01. The van der Waals surface area contributed by atoms with Crippen LogP contribution in [0, 0.1) is 13.8 Å². The molecule has 29 heavy (non-hydrogen) atoms. The summed E-state index contributed by atoms with van der Waals surface area (Å²) in [6.45, 7) is 6.17. The molecule has 1 amide bonds. The summed E-state index contributed by atoms with van der Waals surface area (Å²) < 4.78 is 6.84. The van der Waals surface area contributed by atoms with Crippen molar-refractivity contribution in [3.63, 3.8) is 0 Å². The zero-order valence-electron chi connectivity index (χ0n) is 16.9. The highest BCUT2D eigenvalue weighted by Crippen LogP contribution is 2.38. The van der Waals surface area contributed by atoms with Gasteiger partial charge in [0.05, 0.1) is 17.7 Å². The van der Waals surface area contributed by atoms with Crippen LogP contribution in [-0.4, -0.2) is 33.5 Å². The molecule has 0 atom stereocenters. The van der Waals surface area contributed by atoms with Gasteiger partial charge >= 0.3 is 5.97 Å². The molecule has 8 heteroatoms. The van der Waals surface area contributed by atoms with Crippen LogP contribution in [0.25, 0.3) is 11.0 Å². The second-order valence-electron chi connectivity index (χ2n) is 7.36. The van der Waals surface area contributed by atoms with Crippen molar-refractivity contribution in [3.8, 4) is 0 Å². The number of esters is 1. The van der Waals surface area contributed by atoms with E-state index >= 15 is 0 Å². The van der Waals surface area contributed by atoms with Gasteiger partial charge in [-0.2, -0.15) is 0 Å². The van der Waals surface area contributed by atoms with Gasteiger partial charge in [-0.25, -0.2) is 9.48 Å². The van der Waals surface area contributed by atoms with Gasteiger partial charge in [0.25, 0.3) is 0 Å². The summed E-state index contributed by atoms with van der Waals surface area (Å²) in [5.41, 5.74) is 5.40. The van der Waals surface area contributed by atoms with E-state index in [0.29, 0.717) is 17.2 Å². The van der Waals surface area contributed by atoms with Gasteiger partial charge < -0.3 is 10.1 Å². The van der Waals surface area contributed by atoms with Gasteiger partial charge in [0.1, 0.15) is 17.1 Å². The van der Waals surface area contributed by atoms with Crippen molar-refractivity contribution < 1.29 is 14.3 Å². The van der Waals surface area contributed by atoms with E-state index in [9.17, 15) is 9.59 Å².